The Morgan fingerprint density at radius 2 is 1.81 bits per heavy atom. The quantitative estimate of drug-likeness (QED) is 0.555. The second-order valence-corrected chi connectivity index (χ2v) is 4.70. The minimum absolute atomic E-state index is 0.313. The van der Waals surface area contributed by atoms with Crippen molar-refractivity contribution in [3.63, 3.8) is 0 Å². The molecular weight excluding hydrogens is 268 g/mol. The van der Waals surface area contributed by atoms with Gasteiger partial charge in [0.05, 0.1) is 0 Å². The zero-order valence-electron chi connectivity index (χ0n) is 11.1. The van der Waals surface area contributed by atoms with E-state index in [2.05, 4.69) is 10.3 Å². The lowest BCUT2D eigenvalue weighted by Gasteiger charge is -2.11. The van der Waals surface area contributed by atoms with Crippen LogP contribution in [0.15, 0.2) is 48.8 Å². The average Bonchev–Trinajstić information content (AvgIpc) is 2.52. The number of pyridine rings is 1. The van der Waals surface area contributed by atoms with Gasteiger partial charge in [0.2, 0.25) is 5.75 Å². The predicted molar refractivity (Wildman–Crippen MR) is 80.5 cm³/mol. The third kappa shape index (κ3) is 2.41. The first kappa shape index (κ1) is 13.1. The Morgan fingerprint density at radius 3 is 2.67 bits per heavy atom. The van der Waals surface area contributed by atoms with Crippen molar-refractivity contribution in [2.24, 2.45) is 0 Å². The van der Waals surface area contributed by atoms with E-state index in [9.17, 15) is 15.3 Å². The number of hydrogen-bond donors (Lipinski definition) is 4. The van der Waals surface area contributed by atoms with Crippen LogP contribution in [0.5, 0.6) is 17.2 Å². The van der Waals surface area contributed by atoms with E-state index in [0.29, 0.717) is 12.1 Å². The summed E-state index contributed by atoms with van der Waals surface area (Å²) < 4.78 is 0. The van der Waals surface area contributed by atoms with Crippen molar-refractivity contribution in [1.82, 2.24) is 4.98 Å². The molecule has 1 heterocycles. The molecule has 0 aliphatic carbocycles. The molecular formula is C16H14N2O3. The standard InChI is InChI=1S/C16H14N2O3/c19-14-5-4-11(15(20)16(14)21)8-18-13-3-1-2-10-6-7-17-9-12(10)13/h1-7,9,18-21H,8H2. The van der Waals surface area contributed by atoms with Gasteiger partial charge in [-0.1, -0.05) is 12.1 Å². The van der Waals surface area contributed by atoms with Crippen LogP contribution in [-0.4, -0.2) is 20.3 Å². The van der Waals surface area contributed by atoms with E-state index in [1.54, 1.807) is 18.5 Å². The summed E-state index contributed by atoms with van der Waals surface area (Å²) in [7, 11) is 0. The Hall–Kier alpha value is -2.95. The second-order valence-electron chi connectivity index (χ2n) is 4.70. The first-order valence-corrected chi connectivity index (χ1v) is 6.46. The molecule has 0 amide bonds. The van der Waals surface area contributed by atoms with E-state index in [0.717, 1.165) is 16.5 Å². The Morgan fingerprint density at radius 1 is 0.952 bits per heavy atom. The fourth-order valence-corrected chi connectivity index (χ4v) is 2.21. The lowest BCUT2D eigenvalue weighted by Crippen LogP contribution is -2.00. The monoisotopic (exact) mass is 282 g/mol. The van der Waals surface area contributed by atoms with Crippen molar-refractivity contribution in [2.75, 3.05) is 5.32 Å². The van der Waals surface area contributed by atoms with Crippen molar-refractivity contribution in [3.8, 4) is 17.2 Å². The first-order chi connectivity index (χ1) is 10.2. The number of phenolic OH excluding ortho intramolecular Hbond substituents is 3. The maximum absolute atomic E-state index is 9.81. The number of phenols is 3. The van der Waals surface area contributed by atoms with E-state index in [4.69, 9.17) is 0 Å². The fourth-order valence-electron chi connectivity index (χ4n) is 2.21. The van der Waals surface area contributed by atoms with Gasteiger partial charge in [0, 0.05) is 35.6 Å². The molecule has 106 valence electrons. The predicted octanol–water partition coefficient (Wildman–Crippen LogP) is 2.96. The van der Waals surface area contributed by atoms with Crippen LogP contribution in [0.25, 0.3) is 10.8 Å². The number of benzene rings is 2. The third-order valence-electron chi connectivity index (χ3n) is 3.37. The minimum Gasteiger partial charge on any atom is -0.504 e. The number of fused-ring (bicyclic) bond motifs is 1. The smallest absolute Gasteiger partial charge is 0.200 e. The molecule has 0 aliphatic rings. The van der Waals surface area contributed by atoms with Crippen LogP contribution in [0.4, 0.5) is 5.69 Å². The van der Waals surface area contributed by atoms with Gasteiger partial charge >= 0.3 is 0 Å². The highest BCUT2D eigenvalue weighted by Gasteiger charge is 2.11. The number of aromatic hydroxyl groups is 3. The summed E-state index contributed by atoms with van der Waals surface area (Å²) >= 11 is 0. The average molecular weight is 282 g/mol. The van der Waals surface area contributed by atoms with Crippen LogP contribution in [-0.2, 0) is 6.54 Å². The third-order valence-corrected chi connectivity index (χ3v) is 3.37. The maximum Gasteiger partial charge on any atom is 0.200 e. The van der Waals surface area contributed by atoms with E-state index in [-0.39, 0.29) is 11.5 Å². The molecule has 0 saturated heterocycles. The number of hydrogen-bond acceptors (Lipinski definition) is 5. The summed E-state index contributed by atoms with van der Waals surface area (Å²) in [6.45, 7) is 0.313. The molecule has 21 heavy (non-hydrogen) atoms. The molecule has 4 N–H and O–H groups in total. The van der Waals surface area contributed by atoms with Crippen LogP contribution < -0.4 is 5.32 Å². The maximum atomic E-state index is 9.81. The molecule has 0 aliphatic heterocycles. The summed E-state index contributed by atoms with van der Waals surface area (Å²) in [5.74, 6) is -1.17. The van der Waals surface area contributed by atoms with Crippen molar-refractivity contribution in [2.45, 2.75) is 6.54 Å². The van der Waals surface area contributed by atoms with Crippen LogP contribution in [0.3, 0.4) is 0 Å². The summed E-state index contributed by atoms with van der Waals surface area (Å²) in [6.07, 6.45) is 3.50. The van der Waals surface area contributed by atoms with Crippen LogP contribution in [0, 0.1) is 0 Å². The van der Waals surface area contributed by atoms with Crippen molar-refractivity contribution in [1.29, 1.82) is 0 Å². The van der Waals surface area contributed by atoms with Gasteiger partial charge in [-0.2, -0.15) is 0 Å². The number of nitrogens with one attached hydrogen (secondary N) is 1. The Kier molecular flexibility index (Phi) is 3.23. The molecule has 0 atom stereocenters. The van der Waals surface area contributed by atoms with E-state index in [1.165, 1.54) is 6.07 Å². The van der Waals surface area contributed by atoms with Gasteiger partial charge in [0.15, 0.2) is 11.5 Å². The van der Waals surface area contributed by atoms with E-state index >= 15 is 0 Å². The highest BCUT2D eigenvalue weighted by Crippen LogP contribution is 2.37. The molecule has 0 saturated carbocycles. The molecule has 0 radical (unpaired) electrons. The Labute approximate surface area is 121 Å². The molecule has 5 heteroatoms. The summed E-state index contributed by atoms with van der Waals surface area (Å²) in [5, 5.41) is 33.9. The van der Waals surface area contributed by atoms with Gasteiger partial charge in [-0.25, -0.2) is 0 Å². The molecule has 5 nitrogen and oxygen atoms in total. The van der Waals surface area contributed by atoms with Gasteiger partial charge in [-0.15, -0.1) is 0 Å². The van der Waals surface area contributed by atoms with Gasteiger partial charge in [0.1, 0.15) is 0 Å². The molecule has 0 spiro atoms. The molecule has 0 unspecified atom stereocenters. The van der Waals surface area contributed by atoms with Crippen molar-refractivity contribution < 1.29 is 15.3 Å². The van der Waals surface area contributed by atoms with Gasteiger partial charge < -0.3 is 20.6 Å². The highest BCUT2D eigenvalue weighted by molar-refractivity contribution is 5.93. The summed E-state index contributed by atoms with van der Waals surface area (Å²) in [6, 6.07) is 10.7. The number of aromatic nitrogens is 1. The molecule has 3 aromatic rings. The fraction of sp³-hybridized carbons (Fsp3) is 0.0625. The number of nitrogens with zero attached hydrogens (tertiary/aromatic N) is 1. The minimum atomic E-state index is -0.506. The van der Waals surface area contributed by atoms with Crippen molar-refractivity contribution >= 4 is 16.5 Å². The van der Waals surface area contributed by atoms with Crippen molar-refractivity contribution in [3.05, 3.63) is 54.4 Å². The topological polar surface area (TPSA) is 85.6 Å². The zero-order valence-corrected chi connectivity index (χ0v) is 11.1. The molecule has 0 fully saturated rings. The summed E-state index contributed by atoms with van der Waals surface area (Å²) in [5.41, 5.74) is 1.37. The Balaban J connectivity index is 1.89. The van der Waals surface area contributed by atoms with Gasteiger partial charge in [0.25, 0.3) is 0 Å². The zero-order chi connectivity index (χ0) is 14.8. The lowest BCUT2D eigenvalue weighted by atomic mass is 10.1. The lowest BCUT2D eigenvalue weighted by molar-refractivity contribution is 0.365. The van der Waals surface area contributed by atoms with Crippen LogP contribution in [0.2, 0.25) is 0 Å². The molecule has 2 aromatic carbocycles. The van der Waals surface area contributed by atoms with Crippen LogP contribution in [0.1, 0.15) is 5.56 Å². The summed E-state index contributed by atoms with van der Waals surface area (Å²) in [4.78, 5) is 4.11. The van der Waals surface area contributed by atoms with E-state index in [1.807, 2.05) is 24.3 Å². The number of anilines is 1. The SMILES string of the molecule is Oc1ccc(CNc2cccc3ccncc23)c(O)c1O. The number of rotatable bonds is 3. The first-order valence-electron chi connectivity index (χ1n) is 6.46. The van der Waals surface area contributed by atoms with Gasteiger partial charge in [-0.05, 0) is 29.7 Å². The largest absolute Gasteiger partial charge is 0.504 e. The van der Waals surface area contributed by atoms with Gasteiger partial charge in [-0.3, -0.25) is 4.98 Å². The normalized spacial score (nSPS) is 10.7. The molecule has 3 rings (SSSR count). The van der Waals surface area contributed by atoms with E-state index < -0.39 is 5.75 Å². The highest BCUT2D eigenvalue weighted by atomic mass is 16.3. The second kappa shape index (κ2) is 5.20. The van der Waals surface area contributed by atoms with Crippen LogP contribution >= 0.6 is 0 Å². The molecule has 1 aromatic heterocycles. The molecule has 0 bridgehead atoms. The Bertz CT molecular complexity index is 797.